The Bertz CT molecular complexity index is 1910. The van der Waals surface area contributed by atoms with Gasteiger partial charge in [-0.2, -0.15) is 11.3 Å². The zero-order valence-corrected chi connectivity index (χ0v) is 37.3. The van der Waals surface area contributed by atoms with E-state index in [1.165, 1.54) is 37.6 Å². The molecule has 51 heavy (non-hydrogen) atoms. The van der Waals surface area contributed by atoms with Gasteiger partial charge in [0.05, 0.1) is 12.4 Å². The summed E-state index contributed by atoms with van der Waals surface area (Å²) in [6.07, 6.45) is 5.85. The summed E-state index contributed by atoms with van der Waals surface area (Å²) in [6.45, 7) is 24.0. The van der Waals surface area contributed by atoms with Gasteiger partial charge in [0.1, 0.15) is 5.76 Å². The zero-order chi connectivity index (χ0) is 37.0. The number of hydrogen-bond acceptors (Lipinski definition) is 7. The third-order valence-corrected chi connectivity index (χ3v) is 13.1. The van der Waals surface area contributed by atoms with Gasteiger partial charge in [0.25, 0.3) is 0 Å². The Morgan fingerprint density at radius 2 is 1.65 bits per heavy atom. The topological polar surface area (TPSA) is 61.7 Å². The van der Waals surface area contributed by atoms with Gasteiger partial charge in [-0.25, -0.2) is 0 Å². The molecule has 0 saturated heterocycles. The van der Waals surface area contributed by atoms with Crippen LogP contribution in [0, 0.1) is 22.8 Å². The summed E-state index contributed by atoms with van der Waals surface area (Å²) in [5.41, 5.74) is 6.41. The number of thiophene rings is 2. The van der Waals surface area contributed by atoms with Crippen molar-refractivity contribution >= 4 is 72.7 Å². The van der Waals surface area contributed by atoms with Crippen LogP contribution in [0.15, 0.2) is 62.8 Å². The molecule has 4 nitrogen and oxygen atoms in total. The Balaban J connectivity index is 0.000000335. The molecule has 1 radical (unpaired) electrons. The summed E-state index contributed by atoms with van der Waals surface area (Å²) < 4.78 is 2.63. The number of aliphatic imine (C=N–C) groups is 1. The van der Waals surface area contributed by atoms with Crippen molar-refractivity contribution in [2.75, 3.05) is 6.67 Å². The second-order valence-corrected chi connectivity index (χ2v) is 17.8. The predicted molar refractivity (Wildman–Crippen MR) is 223 cm³/mol. The molecule has 0 unspecified atom stereocenters. The van der Waals surface area contributed by atoms with E-state index in [-0.39, 0.29) is 47.9 Å². The van der Waals surface area contributed by atoms with Gasteiger partial charge in [-0.15, -0.1) is 47.6 Å². The SMILES string of the molecule is CC(C)Cc1csc2c(C3=C(S)C(c4[c-]c5ccsc5c(C(C)(C)C)c4)=NCN3)cccc12.CCC(C)(CC)C(=O)/C=C(\O)C(C)(CC)CC.[Ir]. The van der Waals surface area contributed by atoms with Crippen molar-refractivity contribution in [2.45, 2.75) is 114 Å². The van der Waals surface area contributed by atoms with Crippen molar-refractivity contribution < 1.29 is 30.0 Å². The molecule has 0 amide bonds. The molecule has 0 atom stereocenters. The molecule has 5 rings (SSSR count). The van der Waals surface area contributed by atoms with Gasteiger partial charge in [0, 0.05) is 57.9 Å². The van der Waals surface area contributed by atoms with Gasteiger partial charge in [-0.05, 0) is 69.8 Å². The normalized spacial score (nSPS) is 14.3. The fourth-order valence-electron chi connectivity index (χ4n) is 6.19. The van der Waals surface area contributed by atoms with Crippen LogP contribution in [-0.2, 0) is 36.7 Å². The number of fused-ring (bicyclic) bond motifs is 2. The molecule has 0 saturated carbocycles. The van der Waals surface area contributed by atoms with Crippen LogP contribution in [0.5, 0.6) is 0 Å². The third kappa shape index (κ3) is 9.48. The minimum absolute atomic E-state index is 0. The van der Waals surface area contributed by atoms with Crippen LogP contribution in [-0.4, -0.2) is 23.3 Å². The van der Waals surface area contributed by atoms with Crippen molar-refractivity contribution in [3.8, 4) is 0 Å². The van der Waals surface area contributed by atoms with Crippen LogP contribution in [0.25, 0.3) is 25.9 Å². The average molecular weight is 922 g/mol. The fourth-order valence-corrected chi connectivity index (χ4v) is 8.77. The van der Waals surface area contributed by atoms with E-state index in [0.717, 1.165) is 59.4 Å². The largest absolute Gasteiger partial charge is 0.512 e. The first-order valence-electron chi connectivity index (χ1n) is 18.1. The summed E-state index contributed by atoms with van der Waals surface area (Å²) >= 11 is 8.64. The van der Waals surface area contributed by atoms with Crippen LogP contribution >= 0.6 is 35.3 Å². The molecule has 4 aromatic rings. The maximum Gasteiger partial charge on any atom is 0.164 e. The molecule has 1 aliphatic heterocycles. The molecule has 1 aliphatic rings. The van der Waals surface area contributed by atoms with E-state index >= 15 is 0 Å². The Morgan fingerprint density at radius 3 is 2.24 bits per heavy atom. The van der Waals surface area contributed by atoms with E-state index in [2.05, 4.69) is 87.1 Å². The minimum Gasteiger partial charge on any atom is -0.512 e. The first-order valence-corrected chi connectivity index (χ1v) is 20.3. The molecular weight excluding hydrogens is 865 g/mol. The number of carbonyl (C=O) groups excluding carboxylic acids is 1. The standard InChI is InChI=1S/C28H29N2S3.C15H28O2.Ir/c1-16(2)11-19-14-33-27-20(19)7-6-8-21(27)24-25(31)23(29-15-30-24)18-12-17-9-10-32-26(17)22(13-18)28(3,4)5;1-7-14(5,8-2)12(16)11-13(17)15(6,9-3)10-4;/h6-10,13-14,16,30-31H,11,15H2,1-5H3;11,16H,7-10H2,1-6H3;/q-1;;/b;12-11-;. The molecule has 3 heterocycles. The number of nitrogens with one attached hydrogen (secondary N) is 1. The first kappa shape index (κ1) is 43.2. The number of nitrogens with zero attached hydrogens (tertiary/aromatic N) is 1. The Morgan fingerprint density at radius 1 is 1.00 bits per heavy atom. The number of benzene rings is 2. The molecule has 0 spiro atoms. The number of ketones is 1. The van der Waals surface area contributed by atoms with E-state index in [0.29, 0.717) is 12.6 Å². The van der Waals surface area contributed by atoms with Crippen molar-refractivity contribution in [1.82, 2.24) is 5.32 Å². The molecule has 8 heteroatoms. The maximum atomic E-state index is 12.2. The number of thiol groups is 1. The van der Waals surface area contributed by atoms with Crippen LogP contribution < -0.4 is 5.32 Å². The Kier molecular flexibility index (Phi) is 15.0. The summed E-state index contributed by atoms with van der Waals surface area (Å²) in [7, 11) is 0. The summed E-state index contributed by atoms with van der Waals surface area (Å²) in [5, 5.41) is 20.6. The molecule has 2 N–H and O–H groups in total. The van der Waals surface area contributed by atoms with Gasteiger partial charge in [-0.3, -0.25) is 4.79 Å². The second kappa shape index (κ2) is 17.7. The van der Waals surface area contributed by atoms with Crippen LogP contribution in [0.1, 0.15) is 124 Å². The number of rotatable bonds is 11. The van der Waals surface area contributed by atoms with Crippen molar-refractivity contribution in [3.05, 3.63) is 86.2 Å². The van der Waals surface area contributed by atoms with Crippen LogP contribution in [0.3, 0.4) is 0 Å². The molecule has 279 valence electrons. The summed E-state index contributed by atoms with van der Waals surface area (Å²) in [5.74, 6) is 0.922. The molecule has 0 fully saturated rings. The van der Waals surface area contributed by atoms with Gasteiger partial charge in [-0.1, -0.05) is 105 Å². The molecular formula is C43H57IrN2O2S3-. The van der Waals surface area contributed by atoms with E-state index in [4.69, 9.17) is 17.6 Å². The van der Waals surface area contributed by atoms with Gasteiger partial charge in [0.15, 0.2) is 5.78 Å². The Hall–Kier alpha value is -2.22. The number of carbonyl (C=O) groups is 1. The average Bonchev–Trinajstić information content (AvgIpc) is 3.74. The summed E-state index contributed by atoms with van der Waals surface area (Å²) in [4.78, 5) is 17.9. The van der Waals surface area contributed by atoms with E-state index < -0.39 is 0 Å². The van der Waals surface area contributed by atoms with Gasteiger partial charge >= 0.3 is 0 Å². The van der Waals surface area contributed by atoms with Crippen molar-refractivity contribution in [1.29, 1.82) is 0 Å². The van der Waals surface area contributed by atoms with E-state index in [1.54, 1.807) is 11.3 Å². The fraction of sp³-hybridized carbons (Fsp3) is 0.488. The molecule has 2 aromatic heterocycles. The van der Waals surface area contributed by atoms with Gasteiger partial charge < -0.3 is 15.4 Å². The minimum atomic E-state index is -0.337. The number of allylic oxidation sites excluding steroid dienone is 3. The third-order valence-electron chi connectivity index (χ3n) is 10.7. The number of hydrogen-bond donors (Lipinski definition) is 3. The molecule has 2 aromatic carbocycles. The monoisotopic (exact) mass is 922 g/mol. The zero-order valence-electron chi connectivity index (χ0n) is 32.3. The van der Waals surface area contributed by atoms with Crippen LogP contribution in [0.2, 0.25) is 0 Å². The maximum absolute atomic E-state index is 12.2. The predicted octanol–water partition coefficient (Wildman–Crippen LogP) is 12.7. The Labute approximate surface area is 334 Å². The second-order valence-electron chi connectivity index (χ2n) is 15.5. The smallest absolute Gasteiger partial charge is 0.164 e. The quantitative estimate of drug-likeness (QED) is 0.0608. The molecule has 0 bridgehead atoms. The van der Waals surface area contributed by atoms with Crippen LogP contribution in [0.4, 0.5) is 0 Å². The van der Waals surface area contributed by atoms with Gasteiger partial charge in [0.2, 0.25) is 0 Å². The number of aliphatic hydroxyl groups excluding tert-OH is 1. The van der Waals surface area contributed by atoms with E-state index in [9.17, 15) is 9.90 Å². The van der Waals surface area contributed by atoms with E-state index in [1.807, 2.05) is 52.9 Å². The molecule has 0 aliphatic carbocycles. The summed E-state index contributed by atoms with van der Waals surface area (Å²) in [6, 6.07) is 14.7. The number of aliphatic hydroxyl groups is 1. The first-order chi connectivity index (χ1) is 23.5. The van der Waals surface area contributed by atoms with Crippen molar-refractivity contribution in [3.63, 3.8) is 0 Å². The van der Waals surface area contributed by atoms with Crippen molar-refractivity contribution in [2.24, 2.45) is 21.7 Å².